The fraction of sp³-hybridized carbons (Fsp3) is 0.0667. The fourth-order valence-electron chi connectivity index (χ4n) is 2.62. The van der Waals surface area contributed by atoms with E-state index in [1.54, 1.807) is 19.1 Å². The lowest BCUT2D eigenvalue weighted by atomic mass is 10.2. The zero-order valence-electron chi connectivity index (χ0n) is 11.7. The van der Waals surface area contributed by atoms with Crippen LogP contribution in [0.25, 0.3) is 27.7 Å². The number of imidazole rings is 1. The molecule has 0 radical (unpaired) electrons. The van der Waals surface area contributed by atoms with Crippen LogP contribution in [0.15, 0.2) is 33.6 Å². The number of fused-ring (bicyclic) bond motifs is 2. The highest BCUT2D eigenvalue weighted by Gasteiger charge is 2.21. The Hall–Kier alpha value is -2.23. The zero-order valence-corrected chi connectivity index (χ0v) is 13.8. The van der Waals surface area contributed by atoms with Crippen LogP contribution in [0.3, 0.4) is 0 Å². The molecule has 8 heteroatoms. The first kappa shape index (κ1) is 14.4. The third kappa shape index (κ3) is 2.01. The molecule has 4 rings (SSSR count). The van der Waals surface area contributed by atoms with Gasteiger partial charge in [0.15, 0.2) is 5.82 Å². The smallest absolute Gasteiger partial charge is 0.331 e. The number of nitrogens with zero attached hydrogens (tertiary/aromatic N) is 2. The minimum atomic E-state index is -0.755. The van der Waals surface area contributed by atoms with Gasteiger partial charge in [0.2, 0.25) is 5.58 Å². The highest BCUT2D eigenvalue weighted by molar-refractivity contribution is 14.1. The Bertz CT molecular complexity index is 1140. The molecule has 23 heavy (non-hydrogen) atoms. The zero-order chi connectivity index (χ0) is 16.3. The summed E-state index contributed by atoms with van der Waals surface area (Å²) in [7, 11) is 0. The summed E-state index contributed by atoms with van der Waals surface area (Å²) in [4.78, 5) is 14.8. The minimum absolute atomic E-state index is 0.0313. The van der Waals surface area contributed by atoms with Crippen LogP contribution < -0.4 is 5.69 Å². The molecule has 4 aromatic rings. The van der Waals surface area contributed by atoms with E-state index in [0.29, 0.717) is 14.7 Å². The summed E-state index contributed by atoms with van der Waals surface area (Å²) in [6, 6.07) is 5.92. The van der Waals surface area contributed by atoms with Crippen molar-refractivity contribution in [2.24, 2.45) is 0 Å². The number of rotatable bonds is 1. The van der Waals surface area contributed by atoms with Crippen LogP contribution in [-0.4, -0.2) is 14.7 Å². The van der Waals surface area contributed by atoms with Crippen LogP contribution in [-0.2, 0) is 0 Å². The summed E-state index contributed by atoms with van der Waals surface area (Å²) >= 11 is 1.96. The molecule has 0 unspecified atom stereocenters. The van der Waals surface area contributed by atoms with Gasteiger partial charge in [-0.2, -0.15) is 0 Å². The molecule has 5 nitrogen and oxygen atoms in total. The van der Waals surface area contributed by atoms with E-state index in [4.69, 9.17) is 4.52 Å². The maximum absolute atomic E-state index is 14.8. The summed E-state index contributed by atoms with van der Waals surface area (Å²) in [5.41, 5.74) is -0.0278. The summed E-state index contributed by atoms with van der Waals surface area (Å²) in [5.74, 6) is -1.37. The number of hydrogen-bond acceptors (Lipinski definition) is 3. The Morgan fingerprint density at radius 2 is 2.09 bits per heavy atom. The standard InChI is InChI=1S/C15H8F2IN3O2/c1-6-8-5-10-13(12(17)14(8)23-20-6)21(15(22)19-10)11-3-2-7(18)4-9(11)16/h2-5H,1H3,(H,19,22). The predicted octanol–water partition coefficient (Wildman–Crippen LogP) is 3.65. The average Bonchev–Trinajstić information content (AvgIpc) is 3.01. The minimum Gasteiger partial charge on any atom is -0.353 e. The molecule has 0 aliphatic rings. The van der Waals surface area contributed by atoms with Gasteiger partial charge in [0.1, 0.15) is 11.3 Å². The van der Waals surface area contributed by atoms with Gasteiger partial charge in [-0.1, -0.05) is 5.16 Å². The number of halogens is 3. The van der Waals surface area contributed by atoms with Crippen molar-refractivity contribution in [1.82, 2.24) is 14.7 Å². The van der Waals surface area contributed by atoms with E-state index < -0.39 is 17.3 Å². The molecule has 2 aromatic heterocycles. The Kier molecular flexibility index (Phi) is 3.05. The van der Waals surface area contributed by atoms with Crippen LogP contribution in [0.4, 0.5) is 8.78 Å². The second kappa shape index (κ2) is 4.88. The van der Waals surface area contributed by atoms with Gasteiger partial charge in [-0.05, 0) is 53.8 Å². The number of aromatic nitrogens is 3. The lowest BCUT2D eigenvalue weighted by Crippen LogP contribution is -2.16. The van der Waals surface area contributed by atoms with Gasteiger partial charge in [-0.25, -0.2) is 13.6 Å². The Morgan fingerprint density at radius 3 is 2.83 bits per heavy atom. The maximum atomic E-state index is 14.8. The lowest BCUT2D eigenvalue weighted by molar-refractivity contribution is 0.436. The van der Waals surface area contributed by atoms with Crippen molar-refractivity contribution >= 4 is 44.6 Å². The average molecular weight is 427 g/mol. The summed E-state index contributed by atoms with van der Waals surface area (Å²) in [5, 5.41) is 4.19. The molecule has 116 valence electrons. The number of H-pyrrole nitrogens is 1. The molecule has 0 amide bonds. The molecule has 0 fully saturated rings. The van der Waals surface area contributed by atoms with Gasteiger partial charge in [0, 0.05) is 8.96 Å². The number of aryl methyl sites for hydroxylation is 1. The van der Waals surface area contributed by atoms with E-state index in [9.17, 15) is 13.6 Å². The molecule has 0 aliphatic carbocycles. The molecule has 0 spiro atoms. The van der Waals surface area contributed by atoms with Crippen LogP contribution in [0.2, 0.25) is 0 Å². The van der Waals surface area contributed by atoms with Crippen molar-refractivity contribution in [3.63, 3.8) is 0 Å². The molecular formula is C15H8F2IN3O2. The van der Waals surface area contributed by atoms with E-state index in [0.717, 1.165) is 4.57 Å². The molecule has 0 saturated heterocycles. The molecule has 2 heterocycles. The van der Waals surface area contributed by atoms with Crippen molar-refractivity contribution in [2.45, 2.75) is 6.92 Å². The molecule has 0 aliphatic heterocycles. The quantitative estimate of drug-likeness (QED) is 0.472. The first-order valence-corrected chi connectivity index (χ1v) is 7.70. The number of nitrogens with one attached hydrogen (secondary N) is 1. The number of benzene rings is 2. The van der Waals surface area contributed by atoms with Crippen LogP contribution in [0.5, 0.6) is 0 Å². The van der Waals surface area contributed by atoms with E-state index in [2.05, 4.69) is 10.1 Å². The van der Waals surface area contributed by atoms with Gasteiger partial charge in [-0.15, -0.1) is 0 Å². The summed E-state index contributed by atoms with van der Waals surface area (Å²) < 4.78 is 35.7. The first-order valence-electron chi connectivity index (χ1n) is 6.62. The maximum Gasteiger partial charge on any atom is 0.331 e. The van der Waals surface area contributed by atoms with Crippen LogP contribution >= 0.6 is 22.6 Å². The van der Waals surface area contributed by atoms with E-state index in [1.807, 2.05) is 22.6 Å². The van der Waals surface area contributed by atoms with Crippen molar-refractivity contribution in [1.29, 1.82) is 0 Å². The van der Waals surface area contributed by atoms with Gasteiger partial charge in [-0.3, -0.25) is 4.57 Å². The normalized spacial score (nSPS) is 11.7. The highest BCUT2D eigenvalue weighted by Crippen LogP contribution is 2.29. The predicted molar refractivity (Wildman–Crippen MR) is 88.8 cm³/mol. The van der Waals surface area contributed by atoms with E-state index in [1.165, 1.54) is 12.1 Å². The second-order valence-corrected chi connectivity index (χ2v) is 6.34. The molecule has 2 aromatic carbocycles. The monoisotopic (exact) mass is 427 g/mol. The lowest BCUT2D eigenvalue weighted by Gasteiger charge is -2.06. The fourth-order valence-corrected chi connectivity index (χ4v) is 3.08. The molecular weight excluding hydrogens is 419 g/mol. The van der Waals surface area contributed by atoms with Gasteiger partial charge in [0.25, 0.3) is 0 Å². The largest absolute Gasteiger partial charge is 0.353 e. The van der Waals surface area contributed by atoms with Crippen molar-refractivity contribution in [2.75, 3.05) is 0 Å². The van der Waals surface area contributed by atoms with Crippen molar-refractivity contribution in [3.8, 4) is 5.69 Å². The Labute approximate surface area is 141 Å². The summed E-state index contributed by atoms with van der Waals surface area (Å²) in [6.07, 6.45) is 0. The molecule has 1 N–H and O–H groups in total. The number of hydrogen-bond donors (Lipinski definition) is 1. The first-order chi connectivity index (χ1) is 11.0. The second-order valence-electron chi connectivity index (χ2n) is 5.09. The van der Waals surface area contributed by atoms with Gasteiger partial charge >= 0.3 is 5.69 Å². The highest BCUT2D eigenvalue weighted by atomic mass is 127. The van der Waals surface area contributed by atoms with Crippen molar-refractivity contribution in [3.05, 3.63) is 55.6 Å². The molecule has 0 bridgehead atoms. The SMILES string of the molecule is Cc1noc2c(F)c3c(cc12)[nH]c(=O)n3-c1ccc(I)cc1F. The van der Waals surface area contributed by atoms with E-state index in [-0.39, 0.29) is 22.3 Å². The van der Waals surface area contributed by atoms with Gasteiger partial charge < -0.3 is 9.51 Å². The molecule has 0 saturated carbocycles. The van der Waals surface area contributed by atoms with Crippen LogP contribution in [0, 0.1) is 22.1 Å². The van der Waals surface area contributed by atoms with Crippen molar-refractivity contribution < 1.29 is 13.3 Å². The Balaban J connectivity index is 2.17. The molecule has 0 atom stereocenters. The summed E-state index contributed by atoms with van der Waals surface area (Å²) in [6.45, 7) is 1.67. The van der Waals surface area contributed by atoms with E-state index >= 15 is 0 Å². The number of aromatic amines is 1. The topological polar surface area (TPSA) is 63.8 Å². The third-order valence-electron chi connectivity index (χ3n) is 3.68. The Morgan fingerprint density at radius 1 is 1.30 bits per heavy atom. The van der Waals surface area contributed by atoms with Crippen LogP contribution in [0.1, 0.15) is 5.69 Å². The third-order valence-corrected chi connectivity index (χ3v) is 4.35. The van der Waals surface area contributed by atoms with Gasteiger partial charge in [0.05, 0.1) is 16.9 Å².